The van der Waals surface area contributed by atoms with Crippen LogP contribution < -0.4 is 24.8 Å². The zero-order valence-electron chi connectivity index (χ0n) is 16.0. The minimum absolute atomic E-state index is 0.383. The van der Waals surface area contributed by atoms with Gasteiger partial charge in [-0.2, -0.15) is 0 Å². The molecule has 0 radical (unpaired) electrons. The first-order chi connectivity index (χ1) is 13.5. The molecule has 0 fully saturated rings. The van der Waals surface area contributed by atoms with E-state index in [1.54, 1.807) is 23.5 Å². The number of nitrogens with one attached hydrogen (secondary N) is 2. The summed E-state index contributed by atoms with van der Waals surface area (Å²) in [7, 11) is 4.57. The van der Waals surface area contributed by atoms with Gasteiger partial charge >= 0.3 is 6.03 Å². The Morgan fingerprint density at radius 3 is 2.04 bits per heavy atom. The molecule has 0 unspecified atom stereocenters. The van der Waals surface area contributed by atoms with Crippen molar-refractivity contribution in [3.05, 3.63) is 46.8 Å². The summed E-state index contributed by atoms with van der Waals surface area (Å²) in [6.45, 7) is 1.97. The lowest BCUT2D eigenvalue weighted by atomic mass is 10.1. The quantitative estimate of drug-likeness (QED) is 0.623. The Morgan fingerprint density at radius 1 is 0.929 bits per heavy atom. The van der Waals surface area contributed by atoms with Crippen molar-refractivity contribution in [1.29, 1.82) is 0 Å². The van der Waals surface area contributed by atoms with Crippen molar-refractivity contribution in [2.75, 3.05) is 32.0 Å². The molecule has 0 aliphatic rings. The van der Waals surface area contributed by atoms with Crippen molar-refractivity contribution in [1.82, 2.24) is 4.98 Å². The van der Waals surface area contributed by atoms with Crippen molar-refractivity contribution in [2.45, 2.75) is 6.92 Å². The van der Waals surface area contributed by atoms with Crippen LogP contribution >= 0.6 is 11.3 Å². The van der Waals surface area contributed by atoms with Crippen molar-refractivity contribution in [3.63, 3.8) is 0 Å². The molecule has 1 heterocycles. The molecule has 3 rings (SSSR count). The van der Waals surface area contributed by atoms with Gasteiger partial charge < -0.3 is 24.8 Å². The van der Waals surface area contributed by atoms with E-state index in [2.05, 4.69) is 15.6 Å². The summed E-state index contributed by atoms with van der Waals surface area (Å²) < 4.78 is 15.9. The Labute approximate surface area is 167 Å². The van der Waals surface area contributed by atoms with E-state index in [4.69, 9.17) is 14.2 Å². The van der Waals surface area contributed by atoms with Crippen LogP contribution in [0.2, 0.25) is 0 Å². The van der Waals surface area contributed by atoms with Crippen molar-refractivity contribution < 1.29 is 19.0 Å². The van der Waals surface area contributed by atoms with Crippen LogP contribution in [-0.4, -0.2) is 32.3 Å². The van der Waals surface area contributed by atoms with Crippen LogP contribution in [0.5, 0.6) is 17.2 Å². The number of methoxy groups -OCH3 is 3. The molecule has 0 saturated carbocycles. The molecule has 28 heavy (non-hydrogen) atoms. The summed E-state index contributed by atoms with van der Waals surface area (Å²) in [4.78, 5) is 16.8. The molecule has 2 aromatic carbocycles. The number of carbonyl (C=O) groups excluding carboxylic acids is 1. The van der Waals surface area contributed by atoms with E-state index in [0.29, 0.717) is 28.6 Å². The molecule has 0 spiro atoms. The van der Waals surface area contributed by atoms with Gasteiger partial charge in [0.2, 0.25) is 5.75 Å². The average Bonchev–Trinajstić information content (AvgIpc) is 3.13. The normalized spacial score (nSPS) is 10.3. The van der Waals surface area contributed by atoms with Gasteiger partial charge in [-0.3, -0.25) is 0 Å². The number of benzene rings is 2. The fourth-order valence-electron chi connectivity index (χ4n) is 2.67. The van der Waals surface area contributed by atoms with Gasteiger partial charge in [0.05, 0.1) is 37.7 Å². The smallest absolute Gasteiger partial charge is 0.323 e. The highest BCUT2D eigenvalue weighted by Gasteiger charge is 2.14. The van der Waals surface area contributed by atoms with Gasteiger partial charge in [0, 0.05) is 28.8 Å². The van der Waals surface area contributed by atoms with E-state index in [1.165, 1.54) is 21.3 Å². The molecule has 2 amide bonds. The molecule has 8 heteroatoms. The number of thiazole rings is 1. The van der Waals surface area contributed by atoms with Crippen LogP contribution in [0.4, 0.5) is 16.2 Å². The van der Waals surface area contributed by atoms with E-state index < -0.39 is 0 Å². The fourth-order valence-corrected chi connectivity index (χ4v) is 3.29. The molecule has 0 saturated heterocycles. The van der Waals surface area contributed by atoms with Gasteiger partial charge in [-0.15, -0.1) is 11.3 Å². The monoisotopic (exact) mass is 399 g/mol. The number of hydrogen-bond acceptors (Lipinski definition) is 6. The number of nitrogens with zero attached hydrogens (tertiary/aromatic N) is 1. The van der Waals surface area contributed by atoms with E-state index in [1.807, 2.05) is 36.6 Å². The number of hydrogen-bond donors (Lipinski definition) is 2. The average molecular weight is 399 g/mol. The fraction of sp³-hybridized carbons (Fsp3) is 0.200. The molecule has 3 aromatic rings. The van der Waals surface area contributed by atoms with Crippen molar-refractivity contribution in [2.24, 2.45) is 0 Å². The Hall–Kier alpha value is -3.26. The highest BCUT2D eigenvalue weighted by atomic mass is 32.1. The predicted octanol–water partition coefficient (Wildman–Crippen LogP) is 4.79. The van der Waals surface area contributed by atoms with E-state index in [9.17, 15) is 4.79 Å². The van der Waals surface area contributed by atoms with Gasteiger partial charge in [0.15, 0.2) is 11.5 Å². The molecule has 0 aliphatic carbocycles. The van der Waals surface area contributed by atoms with Crippen molar-refractivity contribution >= 4 is 28.7 Å². The Morgan fingerprint density at radius 2 is 1.54 bits per heavy atom. The van der Waals surface area contributed by atoms with Crippen LogP contribution in [0.25, 0.3) is 11.3 Å². The molecule has 146 valence electrons. The Bertz CT molecular complexity index is 945. The second kappa shape index (κ2) is 8.62. The van der Waals surface area contributed by atoms with Gasteiger partial charge in [-0.25, -0.2) is 9.78 Å². The number of urea groups is 1. The molecular formula is C20H21N3O4S. The Balaban J connectivity index is 1.70. The number of aromatic nitrogens is 1. The third-order valence-electron chi connectivity index (χ3n) is 3.98. The molecule has 2 N–H and O–H groups in total. The lowest BCUT2D eigenvalue weighted by Gasteiger charge is -2.15. The number of anilines is 2. The van der Waals surface area contributed by atoms with E-state index in [-0.39, 0.29) is 6.03 Å². The van der Waals surface area contributed by atoms with Crippen LogP contribution in [-0.2, 0) is 0 Å². The number of amides is 2. The maximum Gasteiger partial charge on any atom is 0.323 e. The third-order valence-corrected chi connectivity index (χ3v) is 4.75. The third kappa shape index (κ3) is 4.34. The standard InChI is InChI=1S/C20H21N3O4S/c1-12-21-16(11-28-12)13-5-7-14(8-6-13)22-20(24)23-15-9-17(25-2)19(27-4)18(10-15)26-3/h5-11H,1-4H3,(H2,22,23,24). The van der Waals surface area contributed by atoms with E-state index in [0.717, 1.165) is 16.3 Å². The largest absolute Gasteiger partial charge is 0.493 e. The van der Waals surface area contributed by atoms with Gasteiger partial charge in [0.25, 0.3) is 0 Å². The summed E-state index contributed by atoms with van der Waals surface area (Å²) in [6, 6.07) is 10.4. The minimum atomic E-state index is -0.383. The summed E-state index contributed by atoms with van der Waals surface area (Å²) >= 11 is 1.60. The summed E-state index contributed by atoms with van der Waals surface area (Å²) in [6.07, 6.45) is 0. The summed E-state index contributed by atoms with van der Waals surface area (Å²) in [5.41, 5.74) is 3.11. The van der Waals surface area contributed by atoms with Crippen LogP contribution in [0.3, 0.4) is 0 Å². The number of ether oxygens (including phenoxy) is 3. The maximum absolute atomic E-state index is 12.3. The van der Waals surface area contributed by atoms with Gasteiger partial charge in [-0.05, 0) is 19.1 Å². The zero-order chi connectivity index (χ0) is 20.1. The number of carbonyl (C=O) groups is 1. The first kappa shape index (κ1) is 19.5. The lowest BCUT2D eigenvalue weighted by molar-refractivity contribution is 0.262. The molecular weight excluding hydrogens is 378 g/mol. The van der Waals surface area contributed by atoms with Crippen LogP contribution in [0, 0.1) is 6.92 Å². The van der Waals surface area contributed by atoms with Crippen LogP contribution in [0.15, 0.2) is 41.8 Å². The SMILES string of the molecule is COc1cc(NC(=O)Nc2ccc(-c3csc(C)n3)cc2)cc(OC)c1OC. The highest BCUT2D eigenvalue weighted by Crippen LogP contribution is 2.39. The topological polar surface area (TPSA) is 81.7 Å². The molecule has 1 aromatic heterocycles. The lowest BCUT2D eigenvalue weighted by Crippen LogP contribution is -2.19. The van der Waals surface area contributed by atoms with Crippen molar-refractivity contribution in [3.8, 4) is 28.5 Å². The highest BCUT2D eigenvalue weighted by molar-refractivity contribution is 7.09. The molecule has 0 atom stereocenters. The second-order valence-corrected chi connectivity index (χ2v) is 6.88. The first-order valence-corrected chi connectivity index (χ1v) is 9.32. The second-order valence-electron chi connectivity index (χ2n) is 5.82. The number of aryl methyl sites for hydroxylation is 1. The maximum atomic E-state index is 12.3. The van der Waals surface area contributed by atoms with Gasteiger partial charge in [-0.1, -0.05) is 12.1 Å². The molecule has 7 nitrogen and oxygen atoms in total. The first-order valence-electron chi connectivity index (χ1n) is 8.44. The predicted molar refractivity (Wildman–Crippen MR) is 111 cm³/mol. The zero-order valence-corrected chi connectivity index (χ0v) is 16.8. The number of rotatable bonds is 6. The Kier molecular flexibility index (Phi) is 6.00. The molecule has 0 bridgehead atoms. The molecule has 0 aliphatic heterocycles. The van der Waals surface area contributed by atoms with Crippen LogP contribution in [0.1, 0.15) is 5.01 Å². The summed E-state index contributed by atoms with van der Waals surface area (Å²) in [5.74, 6) is 1.38. The van der Waals surface area contributed by atoms with E-state index >= 15 is 0 Å². The minimum Gasteiger partial charge on any atom is -0.493 e. The van der Waals surface area contributed by atoms with Gasteiger partial charge in [0.1, 0.15) is 0 Å². The summed E-state index contributed by atoms with van der Waals surface area (Å²) in [5, 5.41) is 8.59.